The maximum Gasteiger partial charge on any atom is 0.471 e. The standard InChI is InChI=1S/C20H15Cl2F3N4O2/c21-15-5-4-14(11-16(15)22)28-6-8-29(9-7-28)18(30)13-3-1-2-12(10-13)17-26-19(31-27-17)20(23,24)25/h1-5,10-11H,6-9H2. The number of carbonyl (C=O) groups is 1. The lowest BCUT2D eigenvalue weighted by molar-refractivity contribution is -0.159. The zero-order valence-electron chi connectivity index (χ0n) is 15.9. The Morgan fingerprint density at radius 2 is 1.74 bits per heavy atom. The summed E-state index contributed by atoms with van der Waals surface area (Å²) in [5.41, 5.74) is 1.51. The van der Waals surface area contributed by atoms with Crippen molar-refractivity contribution in [2.45, 2.75) is 6.18 Å². The summed E-state index contributed by atoms with van der Waals surface area (Å²) < 4.78 is 42.3. The van der Waals surface area contributed by atoms with Gasteiger partial charge in [-0.2, -0.15) is 18.2 Å². The van der Waals surface area contributed by atoms with Gasteiger partial charge >= 0.3 is 12.1 Å². The molecule has 0 N–H and O–H groups in total. The summed E-state index contributed by atoms with van der Waals surface area (Å²) >= 11 is 12.0. The van der Waals surface area contributed by atoms with E-state index < -0.39 is 12.1 Å². The Morgan fingerprint density at radius 3 is 2.39 bits per heavy atom. The fraction of sp³-hybridized carbons (Fsp3) is 0.250. The molecule has 2 heterocycles. The molecule has 0 aliphatic carbocycles. The molecule has 31 heavy (non-hydrogen) atoms. The van der Waals surface area contributed by atoms with Crippen LogP contribution < -0.4 is 4.90 Å². The summed E-state index contributed by atoms with van der Waals surface area (Å²) in [6.07, 6.45) is -4.73. The van der Waals surface area contributed by atoms with Gasteiger partial charge in [-0.3, -0.25) is 4.79 Å². The van der Waals surface area contributed by atoms with E-state index in [0.717, 1.165) is 5.69 Å². The van der Waals surface area contributed by atoms with Crippen molar-refractivity contribution in [2.75, 3.05) is 31.1 Å². The Hall–Kier alpha value is -2.78. The molecule has 0 bridgehead atoms. The van der Waals surface area contributed by atoms with Crippen LogP contribution in [0.25, 0.3) is 11.4 Å². The minimum absolute atomic E-state index is 0.227. The average molecular weight is 471 g/mol. The summed E-state index contributed by atoms with van der Waals surface area (Å²) in [5, 5.41) is 4.30. The van der Waals surface area contributed by atoms with E-state index in [9.17, 15) is 18.0 Å². The number of benzene rings is 2. The molecule has 1 fully saturated rings. The fourth-order valence-corrected chi connectivity index (χ4v) is 3.57. The first-order valence-electron chi connectivity index (χ1n) is 9.23. The van der Waals surface area contributed by atoms with Gasteiger partial charge in [0.15, 0.2) is 0 Å². The molecule has 3 aromatic rings. The third kappa shape index (κ3) is 4.62. The first kappa shape index (κ1) is 21.5. The molecule has 2 aromatic carbocycles. The van der Waals surface area contributed by atoms with E-state index in [1.165, 1.54) is 12.1 Å². The predicted octanol–water partition coefficient (Wildman–Crippen LogP) is 5.02. The molecule has 1 aliphatic rings. The van der Waals surface area contributed by atoms with Crippen LogP contribution in [0.15, 0.2) is 47.0 Å². The normalized spacial score (nSPS) is 14.7. The number of carbonyl (C=O) groups excluding carboxylic acids is 1. The molecule has 0 saturated carbocycles. The Bertz CT molecular complexity index is 1110. The average Bonchev–Trinajstić information content (AvgIpc) is 3.26. The number of anilines is 1. The van der Waals surface area contributed by atoms with Gasteiger partial charge in [-0.1, -0.05) is 40.5 Å². The van der Waals surface area contributed by atoms with Crippen LogP contribution in [0.5, 0.6) is 0 Å². The summed E-state index contributed by atoms with van der Waals surface area (Å²) in [7, 11) is 0. The molecule has 0 atom stereocenters. The first-order valence-corrected chi connectivity index (χ1v) is 9.98. The summed E-state index contributed by atoms with van der Waals surface area (Å²) in [6.45, 7) is 2.15. The van der Waals surface area contributed by atoms with Crippen molar-refractivity contribution in [2.24, 2.45) is 0 Å². The molecular weight excluding hydrogens is 456 g/mol. The topological polar surface area (TPSA) is 62.5 Å². The number of halogens is 5. The number of hydrogen-bond acceptors (Lipinski definition) is 5. The SMILES string of the molecule is O=C(c1cccc(-c2noc(C(F)(F)F)n2)c1)N1CCN(c2ccc(Cl)c(Cl)c2)CC1. The number of nitrogens with zero attached hydrogens (tertiary/aromatic N) is 4. The van der Waals surface area contributed by atoms with Crippen molar-refractivity contribution < 1.29 is 22.5 Å². The summed E-state index contributed by atoms with van der Waals surface area (Å²) in [6, 6.07) is 11.5. The van der Waals surface area contributed by atoms with E-state index in [1.54, 1.807) is 29.2 Å². The number of amides is 1. The molecule has 1 amide bonds. The van der Waals surface area contributed by atoms with Crippen LogP contribution in [0, 0.1) is 0 Å². The van der Waals surface area contributed by atoms with Crippen molar-refractivity contribution in [3.63, 3.8) is 0 Å². The van der Waals surface area contributed by atoms with Gasteiger partial charge in [0, 0.05) is 43.0 Å². The summed E-state index contributed by atoms with van der Waals surface area (Å²) in [5.74, 6) is -1.89. The highest BCUT2D eigenvalue weighted by Crippen LogP contribution is 2.30. The maximum atomic E-state index is 12.9. The van der Waals surface area contributed by atoms with Gasteiger partial charge in [-0.05, 0) is 30.3 Å². The second-order valence-corrected chi connectivity index (χ2v) is 7.69. The molecular formula is C20H15Cl2F3N4O2. The molecule has 1 saturated heterocycles. The van der Waals surface area contributed by atoms with E-state index in [2.05, 4.69) is 19.6 Å². The summed E-state index contributed by atoms with van der Waals surface area (Å²) in [4.78, 5) is 20.1. The van der Waals surface area contributed by atoms with Gasteiger partial charge < -0.3 is 14.3 Å². The highest BCUT2D eigenvalue weighted by Gasteiger charge is 2.38. The molecule has 162 valence electrons. The highest BCUT2D eigenvalue weighted by molar-refractivity contribution is 6.42. The van der Waals surface area contributed by atoms with Crippen molar-refractivity contribution in [1.82, 2.24) is 15.0 Å². The van der Waals surface area contributed by atoms with Crippen molar-refractivity contribution >= 4 is 34.8 Å². The Balaban J connectivity index is 1.45. The van der Waals surface area contributed by atoms with Gasteiger partial charge in [0.2, 0.25) is 5.82 Å². The van der Waals surface area contributed by atoms with Crippen molar-refractivity contribution in [3.05, 3.63) is 64.0 Å². The number of hydrogen-bond donors (Lipinski definition) is 0. The molecule has 1 aromatic heterocycles. The smallest absolute Gasteiger partial charge is 0.368 e. The van der Waals surface area contributed by atoms with E-state index in [4.69, 9.17) is 23.2 Å². The van der Waals surface area contributed by atoms with Crippen LogP contribution in [0.1, 0.15) is 16.2 Å². The first-order chi connectivity index (χ1) is 14.7. The zero-order valence-corrected chi connectivity index (χ0v) is 17.4. The van der Waals surface area contributed by atoms with Gasteiger partial charge in [-0.25, -0.2) is 0 Å². The van der Waals surface area contributed by atoms with Crippen LogP contribution in [0.2, 0.25) is 10.0 Å². The molecule has 1 aliphatic heterocycles. The lowest BCUT2D eigenvalue weighted by Crippen LogP contribution is -2.48. The number of piperazine rings is 1. The zero-order chi connectivity index (χ0) is 22.2. The minimum atomic E-state index is -4.73. The van der Waals surface area contributed by atoms with Gasteiger partial charge in [-0.15, -0.1) is 0 Å². The van der Waals surface area contributed by atoms with E-state index in [0.29, 0.717) is 41.8 Å². The van der Waals surface area contributed by atoms with Crippen LogP contribution in [0.3, 0.4) is 0 Å². The van der Waals surface area contributed by atoms with Crippen molar-refractivity contribution in [1.29, 1.82) is 0 Å². The molecule has 4 rings (SSSR count). The van der Waals surface area contributed by atoms with Crippen LogP contribution >= 0.6 is 23.2 Å². The van der Waals surface area contributed by atoms with E-state index in [-0.39, 0.29) is 17.3 Å². The monoisotopic (exact) mass is 470 g/mol. The quantitative estimate of drug-likeness (QED) is 0.537. The molecule has 0 unspecified atom stereocenters. The molecule has 0 radical (unpaired) electrons. The van der Waals surface area contributed by atoms with E-state index >= 15 is 0 Å². The third-order valence-corrected chi connectivity index (χ3v) is 5.61. The fourth-order valence-electron chi connectivity index (χ4n) is 3.28. The second kappa shape index (κ2) is 8.39. The largest absolute Gasteiger partial charge is 0.471 e. The lowest BCUT2D eigenvalue weighted by atomic mass is 10.1. The minimum Gasteiger partial charge on any atom is -0.368 e. The lowest BCUT2D eigenvalue weighted by Gasteiger charge is -2.36. The Morgan fingerprint density at radius 1 is 1.00 bits per heavy atom. The van der Waals surface area contributed by atoms with Crippen molar-refractivity contribution in [3.8, 4) is 11.4 Å². The molecule has 0 spiro atoms. The van der Waals surface area contributed by atoms with Gasteiger partial charge in [0.25, 0.3) is 5.91 Å². The number of rotatable bonds is 3. The van der Waals surface area contributed by atoms with E-state index in [1.807, 2.05) is 6.07 Å². The molecule has 6 nitrogen and oxygen atoms in total. The highest BCUT2D eigenvalue weighted by atomic mass is 35.5. The van der Waals surface area contributed by atoms with Crippen LogP contribution in [0.4, 0.5) is 18.9 Å². The van der Waals surface area contributed by atoms with Gasteiger partial charge in [0.05, 0.1) is 10.0 Å². The second-order valence-electron chi connectivity index (χ2n) is 6.88. The van der Waals surface area contributed by atoms with Crippen LogP contribution in [-0.2, 0) is 6.18 Å². The third-order valence-electron chi connectivity index (χ3n) is 4.87. The number of aromatic nitrogens is 2. The van der Waals surface area contributed by atoms with Crippen LogP contribution in [-0.4, -0.2) is 47.1 Å². The van der Waals surface area contributed by atoms with Gasteiger partial charge in [0.1, 0.15) is 0 Å². The Labute approximate surface area is 185 Å². The Kier molecular flexibility index (Phi) is 5.81. The molecule has 11 heteroatoms. The predicted molar refractivity (Wildman–Crippen MR) is 109 cm³/mol. The number of alkyl halides is 3. The maximum absolute atomic E-state index is 12.9.